The summed E-state index contributed by atoms with van der Waals surface area (Å²) in [5.74, 6) is -0.164. The van der Waals surface area contributed by atoms with Gasteiger partial charge in [0.2, 0.25) is 0 Å². The van der Waals surface area contributed by atoms with E-state index in [1.807, 2.05) is 0 Å². The van der Waals surface area contributed by atoms with Gasteiger partial charge in [0, 0.05) is 15.2 Å². The van der Waals surface area contributed by atoms with Gasteiger partial charge in [0.15, 0.2) is 0 Å². The Morgan fingerprint density at radius 2 is 1.59 bits per heavy atom. The molecular weight excluding hydrogens is 644 g/mol. The van der Waals surface area contributed by atoms with Gasteiger partial charge in [-0.15, -0.1) is 0 Å². The van der Waals surface area contributed by atoms with Crippen LogP contribution in [-0.4, -0.2) is 14.3 Å². The molecule has 0 atom stereocenters. The summed E-state index contributed by atoms with van der Waals surface area (Å²) in [7, 11) is -4.20. The van der Waals surface area contributed by atoms with Crippen LogP contribution in [0.1, 0.15) is 15.9 Å². The molecule has 0 heterocycles. The number of hydrogen-bond donors (Lipinski definition) is 2. The van der Waals surface area contributed by atoms with Gasteiger partial charge in [-0.2, -0.15) is 13.2 Å². The molecule has 0 spiro atoms. The first-order valence-electron chi connectivity index (χ1n) is 10.9. The molecule has 0 saturated heterocycles. The number of para-hydroxylation sites is 1. The number of hydrogen-bond acceptors (Lipinski definition) is 4. The van der Waals surface area contributed by atoms with Crippen molar-refractivity contribution in [3.05, 3.63) is 111 Å². The summed E-state index contributed by atoms with van der Waals surface area (Å²) in [5, 5.41) is 2.83. The van der Waals surface area contributed by atoms with Gasteiger partial charge < -0.3 is 10.1 Å². The molecule has 39 heavy (non-hydrogen) atoms. The van der Waals surface area contributed by atoms with Crippen LogP contribution in [0, 0.1) is 0 Å². The lowest BCUT2D eigenvalue weighted by Crippen LogP contribution is -2.19. The number of benzene rings is 4. The predicted octanol–water partition coefficient (Wildman–Crippen LogP) is 8.62. The van der Waals surface area contributed by atoms with Crippen molar-refractivity contribution in [2.45, 2.75) is 11.1 Å². The molecule has 0 aliphatic carbocycles. The third kappa shape index (κ3) is 7.24. The van der Waals surface area contributed by atoms with E-state index in [4.69, 9.17) is 27.9 Å². The molecular formula is C26H16BrCl2F3N2O4S. The number of rotatable bonds is 7. The lowest BCUT2D eigenvalue weighted by molar-refractivity contribution is -0.137. The molecule has 2 N–H and O–H groups in total. The van der Waals surface area contributed by atoms with Gasteiger partial charge in [0.1, 0.15) is 11.5 Å². The van der Waals surface area contributed by atoms with Crippen molar-refractivity contribution >= 4 is 66.4 Å². The molecule has 0 fully saturated rings. The predicted molar refractivity (Wildman–Crippen MR) is 147 cm³/mol. The molecule has 0 bridgehead atoms. The van der Waals surface area contributed by atoms with Crippen LogP contribution < -0.4 is 14.8 Å². The Morgan fingerprint density at radius 3 is 2.26 bits per heavy atom. The molecule has 1 amide bonds. The van der Waals surface area contributed by atoms with Gasteiger partial charge in [-0.1, -0.05) is 51.3 Å². The Morgan fingerprint density at radius 1 is 0.897 bits per heavy atom. The van der Waals surface area contributed by atoms with Crippen LogP contribution in [0.3, 0.4) is 0 Å². The first kappa shape index (κ1) is 28.8. The van der Waals surface area contributed by atoms with Crippen molar-refractivity contribution in [2.24, 2.45) is 0 Å². The van der Waals surface area contributed by atoms with Gasteiger partial charge in [0.05, 0.1) is 26.7 Å². The minimum absolute atomic E-state index is 0.0848. The summed E-state index contributed by atoms with van der Waals surface area (Å²) in [6.45, 7) is 0. The Bertz CT molecular complexity index is 1650. The second-order valence-electron chi connectivity index (χ2n) is 7.98. The topological polar surface area (TPSA) is 84.5 Å². The SMILES string of the molecule is O=C(Nc1cc(Br)cc(C(F)(F)F)c1)c1cc(Cl)ccc1NS(=O)(=O)c1ccc(Oc2ccccc2Cl)cc1. The number of sulfonamides is 1. The average molecular weight is 660 g/mol. The second kappa shape index (κ2) is 11.5. The van der Waals surface area contributed by atoms with E-state index in [1.54, 1.807) is 24.3 Å². The third-order valence-electron chi connectivity index (χ3n) is 5.15. The lowest BCUT2D eigenvalue weighted by Gasteiger charge is -2.15. The highest BCUT2D eigenvalue weighted by Gasteiger charge is 2.31. The zero-order chi connectivity index (χ0) is 28.4. The maximum absolute atomic E-state index is 13.2. The summed E-state index contributed by atoms with van der Waals surface area (Å²) in [4.78, 5) is 12.9. The average Bonchev–Trinajstić information content (AvgIpc) is 2.86. The number of ether oxygens (including phenoxy) is 1. The van der Waals surface area contributed by atoms with Gasteiger partial charge in [0.25, 0.3) is 15.9 Å². The van der Waals surface area contributed by atoms with Gasteiger partial charge >= 0.3 is 6.18 Å². The van der Waals surface area contributed by atoms with E-state index < -0.39 is 27.7 Å². The van der Waals surface area contributed by atoms with Gasteiger partial charge in [-0.25, -0.2) is 8.42 Å². The van der Waals surface area contributed by atoms with E-state index in [1.165, 1.54) is 48.5 Å². The van der Waals surface area contributed by atoms with Crippen LogP contribution in [0.2, 0.25) is 10.0 Å². The first-order valence-corrected chi connectivity index (χ1v) is 13.9. The summed E-state index contributed by atoms with van der Waals surface area (Å²) >= 11 is 15.1. The molecule has 4 aromatic rings. The lowest BCUT2D eigenvalue weighted by atomic mass is 10.1. The van der Waals surface area contributed by atoms with Crippen molar-refractivity contribution in [3.63, 3.8) is 0 Å². The minimum Gasteiger partial charge on any atom is -0.456 e. The van der Waals surface area contributed by atoms with E-state index in [0.29, 0.717) is 16.5 Å². The molecule has 0 unspecified atom stereocenters. The Balaban J connectivity index is 1.57. The van der Waals surface area contributed by atoms with Crippen LogP contribution >= 0.6 is 39.1 Å². The Hall–Kier alpha value is -3.25. The maximum atomic E-state index is 13.2. The smallest absolute Gasteiger partial charge is 0.416 e. The highest BCUT2D eigenvalue weighted by Crippen LogP contribution is 2.34. The Kier molecular flexibility index (Phi) is 8.45. The molecule has 4 aromatic carbocycles. The van der Waals surface area contributed by atoms with Gasteiger partial charge in [-0.05, 0) is 72.8 Å². The minimum atomic E-state index is -4.64. The zero-order valence-electron chi connectivity index (χ0n) is 19.4. The fraction of sp³-hybridized carbons (Fsp3) is 0.0385. The summed E-state index contributed by atoms with van der Waals surface area (Å²) < 4.78 is 73.8. The number of alkyl halides is 3. The largest absolute Gasteiger partial charge is 0.456 e. The number of amides is 1. The van der Waals surface area contributed by atoms with Crippen molar-refractivity contribution in [3.8, 4) is 11.5 Å². The molecule has 6 nitrogen and oxygen atoms in total. The summed E-state index contributed by atoms with van der Waals surface area (Å²) in [6.07, 6.45) is -4.64. The number of nitrogens with one attached hydrogen (secondary N) is 2. The summed E-state index contributed by atoms with van der Waals surface area (Å²) in [5.41, 5.74) is -1.50. The fourth-order valence-corrected chi connectivity index (χ4v) is 5.28. The number of halogens is 6. The molecule has 0 aliphatic heterocycles. The zero-order valence-corrected chi connectivity index (χ0v) is 23.3. The van der Waals surface area contributed by atoms with Crippen molar-refractivity contribution < 1.29 is 31.1 Å². The fourth-order valence-electron chi connectivity index (χ4n) is 3.36. The van der Waals surface area contributed by atoms with Crippen LogP contribution in [0.5, 0.6) is 11.5 Å². The second-order valence-corrected chi connectivity index (χ2v) is 11.4. The van der Waals surface area contributed by atoms with E-state index in [0.717, 1.165) is 12.1 Å². The molecule has 0 radical (unpaired) electrons. The van der Waals surface area contributed by atoms with Gasteiger partial charge in [-0.3, -0.25) is 9.52 Å². The standard InChI is InChI=1S/C26H16BrCl2F3N2O4S/c27-16-11-15(26(30,31)32)12-18(13-16)33-25(35)21-14-17(28)5-10-23(21)34-39(36,37)20-8-6-19(7-9-20)38-24-4-2-1-3-22(24)29/h1-14,34H,(H,33,35). The van der Waals surface area contributed by atoms with Crippen molar-refractivity contribution in [1.82, 2.24) is 0 Å². The van der Waals surface area contributed by atoms with Crippen LogP contribution in [0.15, 0.2) is 94.3 Å². The number of anilines is 2. The molecule has 13 heteroatoms. The first-order chi connectivity index (χ1) is 18.3. The highest BCUT2D eigenvalue weighted by molar-refractivity contribution is 9.10. The quantitative estimate of drug-likeness (QED) is 0.208. The third-order valence-corrected chi connectivity index (χ3v) is 7.54. The van der Waals surface area contributed by atoms with E-state index in [-0.39, 0.29) is 31.3 Å². The molecule has 0 aromatic heterocycles. The van der Waals surface area contributed by atoms with Crippen LogP contribution in [0.25, 0.3) is 0 Å². The Labute approximate surface area is 239 Å². The normalized spacial score (nSPS) is 11.6. The monoisotopic (exact) mass is 658 g/mol. The van der Waals surface area contributed by atoms with E-state index in [9.17, 15) is 26.4 Å². The van der Waals surface area contributed by atoms with Crippen LogP contribution in [-0.2, 0) is 16.2 Å². The maximum Gasteiger partial charge on any atom is 0.416 e. The molecule has 202 valence electrons. The molecule has 4 rings (SSSR count). The summed E-state index contributed by atoms with van der Waals surface area (Å²) in [6, 6.07) is 18.9. The molecule has 0 aliphatic rings. The van der Waals surface area contributed by atoms with Crippen molar-refractivity contribution in [2.75, 3.05) is 10.0 Å². The van der Waals surface area contributed by atoms with Crippen LogP contribution in [0.4, 0.5) is 24.5 Å². The number of carbonyl (C=O) groups is 1. The highest BCUT2D eigenvalue weighted by atomic mass is 79.9. The van der Waals surface area contributed by atoms with Crippen molar-refractivity contribution in [1.29, 1.82) is 0 Å². The van der Waals surface area contributed by atoms with E-state index >= 15 is 0 Å². The molecule has 0 saturated carbocycles. The van der Waals surface area contributed by atoms with E-state index in [2.05, 4.69) is 26.0 Å². The number of carbonyl (C=O) groups excluding carboxylic acids is 1.